The molecule has 10 nitrogen and oxygen atoms in total. The van der Waals surface area contributed by atoms with E-state index in [9.17, 15) is 0 Å². The second kappa shape index (κ2) is 12.1. The number of H-pyrrole nitrogens is 1. The summed E-state index contributed by atoms with van der Waals surface area (Å²) in [7, 11) is 0. The Hall–Kier alpha value is -3.95. The third-order valence-electron chi connectivity index (χ3n) is 7.72. The van der Waals surface area contributed by atoms with Gasteiger partial charge in [0.25, 0.3) is 0 Å². The third-order valence-corrected chi connectivity index (χ3v) is 7.72. The number of aromatic nitrogens is 9. The molecule has 5 heterocycles. The van der Waals surface area contributed by atoms with Gasteiger partial charge in [-0.05, 0) is 56.2 Å². The second-order valence-electron chi connectivity index (χ2n) is 10.9. The summed E-state index contributed by atoms with van der Waals surface area (Å²) in [5, 5.41) is 0. The zero-order chi connectivity index (χ0) is 27.3. The Morgan fingerprint density at radius 1 is 0.875 bits per heavy atom. The first-order valence-electron chi connectivity index (χ1n) is 14.8. The smallest absolute Gasteiger partial charge is 0.177 e. The molecule has 0 bridgehead atoms. The first-order valence-corrected chi connectivity index (χ1v) is 14.8. The highest BCUT2D eigenvalue weighted by Gasteiger charge is 2.32. The summed E-state index contributed by atoms with van der Waals surface area (Å²) in [4.78, 5) is 34.9. The summed E-state index contributed by atoms with van der Waals surface area (Å²) < 4.78 is 4.23. The molecule has 0 radical (unpaired) electrons. The van der Waals surface area contributed by atoms with Gasteiger partial charge in [0, 0.05) is 37.3 Å². The number of hydrogen-bond donors (Lipinski definition) is 1. The maximum Gasteiger partial charge on any atom is 0.177 e. The molecule has 7 rings (SSSR count). The third kappa shape index (κ3) is 5.66. The van der Waals surface area contributed by atoms with E-state index in [1.165, 1.54) is 44.2 Å². The molecule has 0 aromatic carbocycles. The van der Waals surface area contributed by atoms with Gasteiger partial charge in [-0.25, -0.2) is 24.9 Å². The van der Waals surface area contributed by atoms with E-state index < -0.39 is 0 Å². The average molecular weight is 539 g/mol. The average Bonchev–Trinajstić information content (AvgIpc) is 3.36. The fourth-order valence-electron chi connectivity index (χ4n) is 5.49. The van der Waals surface area contributed by atoms with Gasteiger partial charge in [-0.1, -0.05) is 26.7 Å². The number of aromatic amines is 1. The van der Waals surface area contributed by atoms with Crippen molar-refractivity contribution in [3.8, 4) is 11.5 Å². The molecule has 0 spiro atoms. The van der Waals surface area contributed by atoms with Gasteiger partial charge in [0.1, 0.15) is 17.0 Å². The fourth-order valence-corrected chi connectivity index (χ4v) is 5.49. The van der Waals surface area contributed by atoms with Crippen molar-refractivity contribution in [1.82, 2.24) is 44.0 Å². The molecule has 0 saturated heterocycles. The number of rotatable bonds is 8. The van der Waals surface area contributed by atoms with Crippen LogP contribution in [0.25, 0.3) is 22.7 Å². The van der Waals surface area contributed by atoms with Crippen LogP contribution in [0.1, 0.15) is 94.1 Å². The van der Waals surface area contributed by atoms with E-state index in [4.69, 9.17) is 15.0 Å². The summed E-state index contributed by atoms with van der Waals surface area (Å²) in [6.45, 7) is 6.80. The summed E-state index contributed by atoms with van der Waals surface area (Å²) in [5.74, 6) is 3.37. The zero-order valence-electron chi connectivity index (χ0n) is 23.5. The van der Waals surface area contributed by atoms with Crippen molar-refractivity contribution >= 4 is 11.2 Å². The van der Waals surface area contributed by atoms with Crippen LogP contribution in [0.15, 0.2) is 48.5 Å². The SMILES string of the molecule is CCCn1cnc(=NCc2ccncc2)c2[nH]cnc21.CCCn1cnc(C2CCCC2)c2nc(C3CC3)nc1-2. The van der Waals surface area contributed by atoms with Crippen molar-refractivity contribution in [2.75, 3.05) is 0 Å². The maximum atomic E-state index is 4.87. The van der Waals surface area contributed by atoms with Gasteiger partial charge >= 0.3 is 0 Å². The number of pyridine rings is 1. The van der Waals surface area contributed by atoms with Crippen LogP contribution >= 0.6 is 0 Å². The number of nitrogens with zero attached hydrogens (tertiary/aromatic N) is 9. The largest absolute Gasteiger partial charge is 0.340 e. The molecule has 0 amide bonds. The highest BCUT2D eigenvalue weighted by molar-refractivity contribution is 5.68. The predicted molar refractivity (Wildman–Crippen MR) is 154 cm³/mol. The molecule has 2 aliphatic heterocycles. The lowest BCUT2D eigenvalue weighted by atomic mass is 10.0. The summed E-state index contributed by atoms with van der Waals surface area (Å²) in [6.07, 6.45) is 18.9. The Kier molecular flexibility index (Phi) is 7.92. The Labute approximate surface area is 234 Å². The molecule has 2 fully saturated rings. The molecular formula is C30H38N10. The van der Waals surface area contributed by atoms with Gasteiger partial charge in [-0.2, -0.15) is 0 Å². The number of aryl methyl sites for hydroxylation is 2. The summed E-state index contributed by atoms with van der Waals surface area (Å²) >= 11 is 0. The van der Waals surface area contributed by atoms with E-state index in [2.05, 4.69) is 43.3 Å². The minimum atomic E-state index is 0.585. The number of nitrogens with one attached hydrogen (secondary N) is 1. The van der Waals surface area contributed by atoms with Crippen LogP contribution in [0.3, 0.4) is 0 Å². The molecule has 2 saturated carbocycles. The molecule has 0 unspecified atom stereocenters. The number of fused-ring (bicyclic) bond motifs is 2. The van der Waals surface area contributed by atoms with Gasteiger partial charge in [0.2, 0.25) is 0 Å². The first-order chi connectivity index (χ1) is 19.7. The number of imidazole rings is 2. The Morgan fingerprint density at radius 2 is 1.62 bits per heavy atom. The van der Waals surface area contributed by atoms with E-state index in [1.54, 1.807) is 25.0 Å². The van der Waals surface area contributed by atoms with Crippen molar-refractivity contribution in [3.63, 3.8) is 0 Å². The standard InChI is InChI=1S/C16H22N4.C14H16N6/c1-2-9-20-10-17-13(11-5-3-4-6-11)14-16(20)19-15(18-14)12-7-8-12;1-2-7-20-10-19-13(12-14(20)18-9-17-12)16-8-11-3-5-15-6-4-11/h10-12H,2-9H2,1H3;3-6,9-10H,2,7-8H2,1H3,(H,17,18). The molecule has 1 N–H and O–H groups in total. The van der Waals surface area contributed by atoms with Gasteiger partial charge in [-0.15, -0.1) is 0 Å². The van der Waals surface area contributed by atoms with E-state index in [1.807, 2.05) is 23.0 Å². The van der Waals surface area contributed by atoms with Crippen LogP contribution in [0.2, 0.25) is 0 Å². The van der Waals surface area contributed by atoms with Gasteiger partial charge in [0.05, 0.1) is 31.2 Å². The van der Waals surface area contributed by atoms with Gasteiger partial charge in [-0.3, -0.25) is 9.98 Å². The van der Waals surface area contributed by atoms with Crippen molar-refractivity contribution in [1.29, 1.82) is 0 Å². The molecule has 208 valence electrons. The molecule has 3 aromatic heterocycles. The molecule has 3 aromatic rings. The second-order valence-corrected chi connectivity index (χ2v) is 10.9. The maximum absolute atomic E-state index is 4.87. The molecule has 40 heavy (non-hydrogen) atoms. The summed E-state index contributed by atoms with van der Waals surface area (Å²) in [6, 6.07) is 3.90. The molecule has 0 atom stereocenters. The normalized spacial score (nSPS) is 16.1. The highest BCUT2D eigenvalue weighted by Crippen LogP contribution is 2.42. The summed E-state index contributed by atoms with van der Waals surface area (Å²) in [5.41, 5.74) is 5.89. The molecule has 10 heteroatoms. The minimum Gasteiger partial charge on any atom is -0.340 e. The Bertz CT molecular complexity index is 1570. The highest BCUT2D eigenvalue weighted by atomic mass is 15.2. The van der Waals surface area contributed by atoms with Crippen molar-refractivity contribution in [2.24, 2.45) is 4.99 Å². The van der Waals surface area contributed by atoms with Crippen LogP contribution in [-0.2, 0) is 19.6 Å². The first kappa shape index (κ1) is 26.3. The quantitative estimate of drug-likeness (QED) is 0.283. The van der Waals surface area contributed by atoms with Gasteiger partial charge in [0.15, 0.2) is 17.0 Å². The zero-order valence-corrected chi connectivity index (χ0v) is 23.5. The lowest BCUT2D eigenvalue weighted by molar-refractivity contribution is 0.632. The number of hydrogen-bond acceptors (Lipinski definition) is 7. The van der Waals surface area contributed by atoms with Crippen LogP contribution in [-0.4, -0.2) is 44.0 Å². The fraction of sp³-hybridized carbons (Fsp3) is 0.500. The van der Waals surface area contributed by atoms with Crippen LogP contribution in [0.4, 0.5) is 0 Å². The van der Waals surface area contributed by atoms with Crippen molar-refractivity contribution in [3.05, 3.63) is 66.1 Å². The van der Waals surface area contributed by atoms with Crippen LogP contribution in [0, 0.1) is 0 Å². The van der Waals surface area contributed by atoms with E-state index in [0.717, 1.165) is 60.0 Å². The lowest BCUT2D eigenvalue weighted by Crippen LogP contribution is -2.14. The minimum absolute atomic E-state index is 0.585. The molecule has 4 aliphatic rings. The van der Waals surface area contributed by atoms with E-state index >= 15 is 0 Å². The molecule has 2 aliphatic carbocycles. The Morgan fingerprint density at radius 3 is 2.38 bits per heavy atom. The monoisotopic (exact) mass is 538 g/mol. The van der Waals surface area contributed by atoms with Crippen molar-refractivity contribution < 1.29 is 0 Å². The van der Waals surface area contributed by atoms with E-state index in [-0.39, 0.29) is 0 Å². The van der Waals surface area contributed by atoms with Gasteiger partial charge < -0.3 is 14.1 Å². The Balaban J connectivity index is 0.000000145. The van der Waals surface area contributed by atoms with Crippen molar-refractivity contribution in [2.45, 2.75) is 96.7 Å². The predicted octanol–water partition coefficient (Wildman–Crippen LogP) is 5.39. The lowest BCUT2D eigenvalue weighted by Gasteiger charge is -2.15. The molecular weight excluding hydrogens is 500 g/mol. The van der Waals surface area contributed by atoms with Crippen LogP contribution < -0.4 is 5.49 Å². The van der Waals surface area contributed by atoms with E-state index in [0.29, 0.717) is 23.9 Å². The topological polar surface area (TPSA) is 115 Å². The van der Waals surface area contributed by atoms with Crippen LogP contribution in [0.5, 0.6) is 0 Å².